The zero-order valence-corrected chi connectivity index (χ0v) is 13.9. The van der Waals surface area contributed by atoms with Crippen LogP contribution in [0.3, 0.4) is 0 Å². The fourth-order valence-corrected chi connectivity index (χ4v) is 3.24. The van der Waals surface area contributed by atoms with Crippen LogP contribution >= 0.6 is 0 Å². The summed E-state index contributed by atoms with van der Waals surface area (Å²) in [6, 6.07) is 6.88. The fraction of sp³-hybridized carbons (Fsp3) is 0.600. The molecular formula is C15H25NO4S. The Bertz CT molecular complexity index is 489. The molecule has 5 nitrogen and oxygen atoms in total. The molecule has 0 heterocycles. The van der Waals surface area contributed by atoms with E-state index in [-0.39, 0.29) is 0 Å². The molecule has 0 radical (unpaired) electrons. The van der Waals surface area contributed by atoms with Crippen molar-refractivity contribution < 1.29 is 17.9 Å². The van der Waals surface area contributed by atoms with E-state index in [0.29, 0.717) is 44.4 Å². The van der Waals surface area contributed by atoms with Gasteiger partial charge in [0.05, 0.1) is 18.1 Å². The minimum Gasteiger partial charge on any atom is -0.380 e. The highest BCUT2D eigenvalue weighted by Gasteiger charge is 2.23. The van der Waals surface area contributed by atoms with Gasteiger partial charge in [-0.05, 0) is 32.9 Å². The van der Waals surface area contributed by atoms with Crippen LogP contribution in [0.2, 0.25) is 0 Å². The number of hydrogen-bond acceptors (Lipinski definition) is 4. The lowest BCUT2D eigenvalue weighted by Gasteiger charge is -2.22. The number of benzene rings is 1. The molecule has 0 aliphatic carbocycles. The predicted octanol–water partition coefficient (Wildman–Crippen LogP) is 2.06. The summed E-state index contributed by atoms with van der Waals surface area (Å²) in [6.07, 6.45) is 0. The van der Waals surface area contributed by atoms with E-state index in [1.165, 1.54) is 4.31 Å². The van der Waals surface area contributed by atoms with Crippen molar-refractivity contribution >= 4 is 10.0 Å². The molecule has 0 amide bonds. The zero-order valence-electron chi connectivity index (χ0n) is 13.0. The highest BCUT2D eigenvalue weighted by atomic mass is 32.2. The van der Waals surface area contributed by atoms with Crippen molar-refractivity contribution in [2.75, 3.05) is 39.5 Å². The van der Waals surface area contributed by atoms with Gasteiger partial charge in [-0.25, -0.2) is 8.42 Å². The molecule has 0 fully saturated rings. The average molecular weight is 315 g/mol. The quantitative estimate of drug-likeness (QED) is 0.620. The number of ether oxygens (including phenoxy) is 2. The Morgan fingerprint density at radius 3 is 1.86 bits per heavy atom. The van der Waals surface area contributed by atoms with E-state index < -0.39 is 10.0 Å². The Hall–Kier alpha value is -0.950. The Morgan fingerprint density at radius 1 is 0.952 bits per heavy atom. The first-order valence-corrected chi connectivity index (χ1v) is 8.68. The molecule has 0 aliphatic heterocycles. The van der Waals surface area contributed by atoms with Crippen molar-refractivity contribution in [2.45, 2.75) is 25.7 Å². The Balaban J connectivity index is 2.84. The topological polar surface area (TPSA) is 55.8 Å². The molecule has 0 bridgehead atoms. The van der Waals surface area contributed by atoms with Gasteiger partial charge in [0.15, 0.2) is 0 Å². The molecule has 0 saturated carbocycles. The van der Waals surface area contributed by atoms with Crippen molar-refractivity contribution in [3.8, 4) is 0 Å². The number of hydrogen-bond donors (Lipinski definition) is 0. The lowest BCUT2D eigenvalue weighted by atomic mass is 10.2. The van der Waals surface area contributed by atoms with Gasteiger partial charge in [0, 0.05) is 26.3 Å². The van der Waals surface area contributed by atoms with E-state index in [9.17, 15) is 8.42 Å². The number of aryl methyl sites for hydroxylation is 1. The molecule has 0 aromatic heterocycles. The van der Waals surface area contributed by atoms with E-state index in [0.717, 1.165) is 5.56 Å². The lowest BCUT2D eigenvalue weighted by Crippen LogP contribution is -2.36. The van der Waals surface area contributed by atoms with Gasteiger partial charge in [-0.15, -0.1) is 0 Å². The van der Waals surface area contributed by atoms with Crippen LogP contribution in [0, 0.1) is 6.92 Å². The summed E-state index contributed by atoms with van der Waals surface area (Å²) >= 11 is 0. The summed E-state index contributed by atoms with van der Waals surface area (Å²) in [7, 11) is -3.51. The Labute approximate surface area is 127 Å². The fourth-order valence-electron chi connectivity index (χ4n) is 1.83. The SMILES string of the molecule is CCOCCN(CCOCC)S(=O)(=O)c1ccc(C)cc1. The molecule has 0 spiro atoms. The average Bonchev–Trinajstić information content (AvgIpc) is 2.46. The molecule has 0 aliphatic rings. The first kappa shape index (κ1) is 18.1. The van der Waals surface area contributed by atoms with Crippen molar-refractivity contribution in [1.82, 2.24) is 4.31 Å². The molecule has 1 aromatic rings. The van der Waals surface area contributed by atoms with Crippen LogP contribution in [0.4, 0.5) is 0 Å². The number of rotatable bonds is 10. The van der Waals surface area contributed by atoms with Crippen molar-refractivity contribution in [2.24, 2.45) is 0 Å². The van der Waals surface area contributed by atoms with E-state index in [1.54, 1.807) is 24.3 Å². The first-order chi connectivity index (χ1) is 10.0. The van der Waals surface area contributed by atoms with Gasteiger partial charge in [-0.3, -0.25) is 0 Å². The molecule has 0 unspecified atom stereocenters. The molecule has 21 heavy (non-hydrogen) atoms. The highest BCUT2D eigenvalue weighted by Crippen LogP contribution is 2.16. The van der Waals surface area contributed by atoms with Gasteiger partial charge in [-0.1, -0.05) is 17.7 Å². The maximum Gasteiger partial charge on any atom is 0.243 e. The summed E-state index contributed by atoms with van der Waals surface area (Å²) in [5.74, 6) is 0. The maximum atomic E-state index is 12.6. The third-order valence-corrected chi connectivity index (χ3v) is 4.95. The lowest BCUT2D eigenvalue weighted by molar-refractivity contribution is 0.110. The van der Waals surface area contributed by atoms with Crippen LogP contribution in [-0.4, -0.2) is 52.2 Å². The van der Waals surface area contributed by atoms with Crippen LogP contribution < -0.4 is 0 Å². The smallest absolute Gasteiger partial charge is 0.243 e. The summed E-state index contributed by atoms with van der Waals surface area (Å²) in [4.78, 5) is 0.307. The van der Waals surface area contributed by atoms with Crippen LogP contribution in [0.1, 0.15) is 19.4 Å². The van der Waals surface area contributed by atoms with Crippen LogP contribution in [0.25, 0.3) is 0 Å². The summed E-state index contributed by atoms with van der Waals surface area (Å²) in [5.41, 5.74) is 1.03. The molecule has 1 aromatic carbocycles. The minimum absolute atomic E-state index is 0.307. The second-order valence-corrected chi connectivity index (χ2v) is 6.55. The van der Waals surface area contributed by atoms with Gasteiger partial charge >= 0.3 is 0 Å². The third-order valence-electron chi connectivity index (χ3n) is 3.04. The largest absolute Gasteiger partial charge is 0.380 e. The van der Waals surface area contributed by atoms with Crippen molar-refractivity contribution in [3.05, 3.63) is 29.8 Å². The molecular weight excluding hydrogens is 290 g/mol. The Kier molecular flexibility index (Phi) is 7.88. The van der Waals surface area contributed by atoms with E-state index in [1.807, 2.05) is 20.8 Å². The second-order valence-electron chi connectivity index (χ2n) is 4.61. The standard InChI is InChI=1S/C15H25NO4S/c1-4-19-12-10-16(11-13-20-5-2)21(17,18)15-8-6-14(3)7-9-15/h6-9H,4-5,10-13H2,1-3H3. The molecule has 1 rings (SSSR count). The van der Waals surface area contributed by atoms with Gasteiger partial charge in [0.1, 0.15) is 0 Å². The monoisotopic (exact) mass is 315 g/mol. The van der Waals surface area contributed by atoms with Crippen molar-refractivity contribution in [3.63, 3.8) is 0 Å². The molecule has 0 atom stereocenters. The number of sulfonamides is 1. The van der Waals surface area contributed by atoms with E-state index in [2.05, 4.69) is 0 Å². The van der Waals surface area contributed by atoms with Gasteiger partial charge in [-0.2, -0.15) is 4.31 Å². The summed E-state index contributed by atoms with van der Waals surface area (Å²) < 4.78 is 37.3. The first-order valence-electron chi connectivity index (χ1n) is 7.24. The highest BCUT2D eigenvalue weighted by molar-refractivity contribution is 7.89. The van der Waals surface area contributed by atoms with Gasteiger partial charge in [0.25, 0.3) is 0 Å². The third kappa shape index (κ3) is 5.74. The van der Waals surface area contributed by atoms with Gasteiger partial charge in [0.2, 0.25) is 10.0 Å². The molecule has 0 saturated heterocycles. The van der Waals surface area contributed by atoms with E-state index in [4.69, 9.17) is 9.47 Å². The maximum absolute atomic E-state index is 12.6. The van der Waals surface area contributed by atoms with Crippen LogP contribution in [-0.2, 0) is 19.5 Å². The predicted molar refractivity (Wildman–Crippen MR) is 82.9 cm³/mol. The van der Waals surface area contributed by atoms with Gasteiger partial charge < -0.3 is 9.47 Å². The van der Waals surface area contributed by atoms with Crippen molar-refractivity contribution in [1.29, 1.82) is 0 Å². The van der Waals surface area contributed by atoms with Crippen LogP contribution in [0.15, 0.2) is 29.2 Å². The molecule has 120 valence electrons. The van der Waals surface area contributed by atoms with E-state index >= 15 is 0 Å². The summed E-state index contributed by atoms with van der Waals surface area (Å²) in [6.45, 7) is 8.28. The number of nitrogens with zero attached hydrogens (tertiary/aromatic N) is 1. The minimum atomic E-state index is -3.51. The second kappa shape index (κ2) is 9.15. The Morgan fingerprint density at radius 2 is 1.43 bits per heavy atom. The molecule has 0 N–H and O–H groups in total. The summed E-state index contributed by atoms with van der Waals surface area (Å²) in [5, 5.41) is 0. The zero-order chi connectivity index (χ0) is 15.7. The normalized spacial score (nSPS) is 12.0. The molecule has 6 heteroatoms. The van der Waals surface area contributed by atoms with Crippen LogP contribution in [0.5, 0.6) is 0 Å².